The van der Waals surface area contributed by atoms with Crippen LogP contribution in [0.25, 0.3) is 0 Å². The Morgan fingerprint density at radius 3 is 2.94 bits per heavy atom. The number of nitrogens with zero attached hydrogens (tertiary/aromatic N) is 1. The van der Waals surface area contributed by atoms with Gasteiger partial charge in [-0.1, -0.05) is 18.2 Å². The van der Waals surface area contributed by atoms with Gasteiger partial charge in [0.1, 0.15) is 17.7 Å². The van der Waals surface area contributed by atoms with Crippen LogP contribution >= 0.6 is 0 Å². The number of fused-ring (bicyclic) bond motifs is 1. The third-order valence-corrected chi connectivity index (χ3v) is 3.18. The molecule has 4 heteroatoms. The maximum Gasteiger partial charge on any atom is 0.141 e. The van der Waals surface area contributed by atoms with Crippen molar-refractivity contribution >= 4 is 0 Å². The zero-order valence-electron chi connectivity index (χ0n) is 9.71. The van der Waals surface area contributed by atoms with Gasteiger partial charge in [0, 0.05) is 12.6 Å². The standard InChI is InChI=1S/C14H13FN2O/c15-11-5-10(7-17-8-11)14(16)13-6-9-3-1-2-4-12(9)18-13/h1-5,7-8,13-14H,6,16H2. The Hall–Kier alpha value is -1.94. The molecule has 1 aromatic heterocycles. The molecule has 92 valence electrons. The molecule has 0 spiro atoms. The minimum absolute atomic E-state index is 0.161. The van der Waals surface area contributed by atoms with E-state index in [2.05, 4.69) is 4.98 Å². The van der Waals surface area contributed by atoms with Gasteiger partial charge in [-0.3, -0.25) is 4.98 Å². The first kappa shape index (κ1) is 11.2. The molecule has 3 rings (SSSR count). The van der Waals surface area contributed by atoms with E-state index in [9.17, 15) is 4.39 Å². The summed E-state index contributed by atoms with van der Waals surface area (Å²) < 4.78 is 18.9. The van der Waals surface area contributed by atoms with Crippen LogP contribution in [0.2, 0.25) is 0 Å². The molecule has 1 aromatic carbocycles. The van der Waals surface area contributed by atoms with Gasteiger partial charge in [0.25, 0.3) is 0 Å². The van der Waals surface area contributed by atoms with Gasteiger partial charge < -0.3 is 10.5 Å². The summed E-state index contributed by atoms with van der Waals surface area (Å²) in [6.07, 6.45) is 3.33. The van der Waals surface area contributed by atoms with Gasteiger partial charge >= 0.3 is 0 Å². The molecule has 18 heavy (non-hydrogen) atoms. The SMILES string of the molecule is NC(c1cncc(F)c1)C1Cc2ccccc2O1. The number of benzene rings is 1. The fraction of sp³-hybridized carbons (Fsp3) is 0.214. The average Bonchev–Trinajstić information content (AvgIpc) is 2.81. The van der Waals surface area contributed by atoms with Crippen LogP contribution in [-0.4, -0.2) is 11.1 Å². The summed E-state index contributed by atoms with van der Waals surface area (Å²) >= 11 is 0. The van der Waals surface area contributed by atoms with Crippen molar-refractivity contribution in [2.45, 2.75) is 18.6 Å². The third-order valence-electron chi connectivity index (χ3n) is 3.18. The zero-order valence-corrected chi connectivity index (χ0v) is 9.71. The molecular weight excluding hydrogens is 231 g/mol. The Bertz CT molecular complexity index is 548. The summed E-state index contributed by atoms with van der Waals surface area (Å²) in [4.78, 5) is 3.82. The summed E-state index contributed by atoms with van der Waals surface area (Å²) in [7, 11) is 0. The highest BCUT2D eigenvalue weighted by atomic mass is 19.1. The first-order valence-corrected chi connectivity index (χ1v) is 5.84. The first-order chi connectivity index (χ1) is 8.74. The fourth-order valence-corrected chi connectivity index (χ4v) is 2.23. The van der Waals surface area contributed by atoms with Crippen molar-refractivity contribution in [1.29, 1.82) is 0 Å². The molecule has 0 saturated carbocycles. The number of ether oxygens (including phenoxy) is 1. The molecule has 2 atom stereocenters. The molecule has 0 radical (unpaired) electrons. The normalized spacial score (nSPS) is 19.1. The molecule has 1 aliphatic rings. The lowest BCUT2D eigenvalue weighted by Gasteiger charge is -2.19. The van der Waals surface area contributed by atoms with Gasteiger partial charge in [0.2, 0.25) is 0 Å². The van der Waals surface area contributed by atoms with E-state index in [1.807, 2.05) is 24.3 Å². The van der Waals surface area contributed by atoms with E-state index in [1.165, 1.54) is 12.3 Å². The van der Waals surface area contributed by atoms with Crippen LogP contribution in [0.15, 0.2) is 42.7 Å². The molecule has 2 unspecified atom stereocenters. The predicted molar refractivity (Wildman–Crippen MR) is 65.7 cm³/mol. The average molecular weight is 244 g/mol. The maximum atomic E-state index is 13.1. The largest absolute Gasteiger partial charge is 0.488 e. The van der Waals surface area contributed by atoms with Gasteiger partial charge in [-0.15, -0.1) is 0 Å². The van der Waals surface area contributed by atoms with E-state index in [1.54, 1.807) is 6.20 Å². The second-order valence-corrected chi connectivity index (χ2v) is 4.43. The van der Waals surface area contributed by atoms with E-state index in [0.29, 0.717) is 5.56 Å². The lowest BCUT2D eigenvalue weighted by atomic mass is 10.00. The van der Waals surface area contributed by atoms with Gasteiger partial charge in [0.15, 0.2) is 0 Å². The number of halogens is 1. The molecule has 0 aliphatic carbocycles. The van der Waals surface area contributed by atoms with E-state index < -0.39 is 0 Å². The van der Waals surface area contributed by atoms with E-state index >= 15 is 0 Å². The topological polar surface area (TPSA) is 48.1 Å². The number of hydrogen-bond acceptors (Lipinski definition) is 3. The Balaban J connectivity index is 1.82. The number of hydrogen-bond donors (Lipinski definition) is 1. The summed E-state index contributed by atoms with van der Waals surface area (Å²) in [5, 5.41) is 0. The molecular formula is C14H13FN2O. The monoisotopic (exact) mass is 244 g/mol. The minimum atomic E-state index is -0.376. The lowest BCUT2D eigenvalue weighted by molar-refractivity contribution is 0.199. The fourth-order valence-electron chi connectivity index (χ4n) is 2.23. The second kappa shape index (κ2) is 4.38. The second-order valence-electron chi connectivity index (χ2n) is 4.43. The van der Waals surface area contributed by atoms with E-state index in [4.69, 9.17) is 10.5 Å². The zero-order chi connectivity index (χ0) is 12.5. The van der Waals surface area contributed by atoms with Gasteiger partial charge in [-0.2, -0.15) is 0 Å². The smallest absolute Gasteiger partial charge is 0.141 e. The van der Waals surface area contributed by atoms with Gasteiger partial charge in [0.05, 0.1) is 12.2 Å². The molecule has 0 saturated heterocycles. The maximum absolute atomic E-state index is 13.1. The van der Waals surface area contributed by atoms with Crippen LogP contribution in [-0.2, 0) is 6.42 Å². The molecule has 0 amide bonds. The van der Waals surface area contributed by atoms with Crippen molar-refractivity contribution in [2.24, 2.45) is 5.73 Å². The van der Waals surface area contributed by atoms with Crippen LogP contribution in [0.3, 0.4) is 0 Å². The third kappa shape index (κ3) is 1.95. The predicted octanol–water partition coefficient (Wildman–Crippen LogP) is 2.22. The molecule has 3 nitrogen and oxygen atoms in total. The number of para-hydroxylation sites is 1. The Morgan fingerprint density at radius 1 is 1.33 bits per heavy atom. The Labute approximate surface area is 104 Å². The van der Waals surface area contributed by atoms with Crippen molar-refractivity contribution in [3.8, 4) is 5.75 Å². The molecule has 1 aliphatic heterocycles. The van der Waals surface area contributed by atoms with Crippen molar-refractivity contribution in [2.75, 3.05) is 0 Å². The highest BCUT2D eigenvalue weighted by Gasteiger charge is 2.29. The van der Waals surface area contributed by atoms with Crippen molar-refractivity contribution in [1.82, 2.24) is 4.98 Å². The molecule has 0 fully saturated rings. The summed E-state index contributed by atoms with van der Waals surface area (Å²) in [6, 6.07) is 8.87. The van der Waals surface area contributed by atoms with Crippen LogP contribution in [0.4, 0.5) is 4.39 Å². The van der Waals surface area contributed by atoms with Crippen LogP contribution in [0, 0.1) is 5.82 Å². The molecule has 0 bridgehead atoms. The first-order valence-electron chi connectivity index (χ1n) is 5.84. The van der Waals surface area contributed by atoms with Gasteiger partial charge in [-0.05, 0) is 23.3 Å². The van der Waals surface area contributed by atoms with Crippen molar-refractivity contribution in [3.63, 3.8) is 0 Å². The highest BCUT2D eigenvalue weighted by molar-refractivity contribution is 5.38. The number of nitrogens with two attached hydrogens (primary N) is 1. The van der Waals surface area contributed by atoms with Crippen LogP contribution in [0.5, 0.6) is 5.75 Å². The van der Waals surface area contributed by atoms with E-state index in [-0.39, 0.29) is 18.0 Å². The Kier molecular flexibility index (Phi) is 2.72. The summed E-state index contributed by atoms with van der Waals surface area (Å²) in [6.45, 7) is 0. The molecule has 2 N–H and O–H groups in total. The number of rotatable bonds is 2. The molecule has 2 heterocycles. The number of aromatic nitrogens is 1. The lowest BCUT2D eigenvalue weighted by Crippen LogP contribution is -2.30. The molecule has 2 aromatic rings. The van der Waals surface area contributed by atoms with E-state index in [0.717, 1.165) is 17.7 Å². The quantitative estimate of drug-likeness (QED) is 0.881. The Morgan fingerprint density at radius 2 is 2.17 bits per heavy atom. The minimum Gasteiger partial charge on any atom is -0.488 e. The van der Waals surface area contributed by atoms with Gasteiger partial charge in [-0.25, -0.2) is 4.39 Å². The van der Waals surface area contributed by atoms with Crippen LogP contribution in [0.1, 0.15) is 17.2 Å². The van der Waals surface area contributed by atoms with Crippen LogP contribution < -0.4 is 10.5 Å². The summed E-state index contributed by atoms with van der Waals surface area (Å²) in [5.74, 6) is 0.487. The van der Waals surface area contributed by atoms with Crippen molar-refractivity contribution in [3.05, 3.63) is 59.7 Å². The van der Waals surface area contributed by atoms with Crippen molar-refractivity contribution < 1.29 is 9.13 Å². The highest BCUT2D eigenvalue weighted by Crippen LogP contribution is 2.32. The number of pyridine rings is 1. The summed E-state index contributed by atoms with van der Waals surface area (Å²) in [5.41, 5.74) is 7.92.